The molecule has 4 rings (SSSR count). The molecular formula is C26H19Br2FN2O5. The number of carbonyl (C=O) groups excluding carboxylic acids is 3. The number of imide groups is 2. The van der Waals surface area contributed by atoms with Gasteiger partial charge in [-0.15, -0.1) is 0 Å². The maximum absolute atomic E-state index is 13.2. The molecule has 0 spiro atoms. The van der Waals surface area contributed by atoms with Crippen molar-refractivity contribution in [3.8, 4) is 11.5 Å². The highest BCUT2D eigenvalue weighted by Gasteiger charge is 2.37. The molecule has 0 atom stereocenters. The van der Waals surface area contributed by atoms with Gasteiger partial charge in [0.2, 0.25) is 0 Å². The molecule has 4 amide bonds. The average Bonchev–Trinajstić information content (AvgIpc) is 2.84. The van der Waals surface area contributed by atoms with Gasteiger partial charge >= 0.3 is 6.03 Å². The number of methoxy groups -OCH3 is 1. The third-order valence-electron chi connectivity index (χ3n) is 5.36. The molecule has 0 aliphatic carbocycles. The van der Waals surface area contributed by atoms with Gasteiger partial charge in [-0.05, 0) is 88.1 Å². The van der Waals surface area contributed by atoms with Gasteiger partial charge < -0.3 is 9.47 Å². The summed E-state index contributed by atoms with van der Waals surface area (Å²) < 4.78 is 25.8. The molecule has 184 valence electrons. The summed E-state index contributed by atoms with van der Waals surface area (Å²) in [5, 5.41) is 2.21. The van der Waals surface area contributed by atoms with Crippen molar-refractivity contribution in [1.82, 2.24) is 5.32 Å². The first-order chi connectivity index (χ1) is 17.2. The van der Waals surface area contributed by atoms with E-state index in [0.717, 1.165) is 20.5 Å². The zero-order valence-corrected chi connectivity index (χ0v) is 22.3. The molecule has 0 unspecified atom stereocenters. The van der Waals surface area contributed by atoms with E-state index in [9.17, 15) is 18.8 Å². The highest BCUT2D eigenvalue weighted by molar-refractivity contribution is 9.10. The first-order valence-corrected chi connectivity index (χ1v) is 12.2. The van der Waals surface area contributed by atoms with Crippen LogP contribution in [-0.2, 0) is 16.2 Å². The molecule has 0 aromatic heterocycles. The second kappa shape index (κ2) is 10.6. The number of hydrogen-bond donors (Lipinski definition) is 1. The van der Waals surface area contributed by atoms with E-state index in [0.29, 0.717) is 27.2 Å². The Morgan fingerprint density at radius 1 is 1.00 bits per heavy atom. The summed E-state index contributed by atoms with van der Waals surface area (Å²) >= 11 is 6.83. The van der Waals surface area contributed by atoms with Crippen LogP contribution in [0.2, 0.25) is 0 Å². The molecule has 1 saturated heterocycles. The molecule has 1 aliphatic rings. The lowest BCUT2D eigenvalue weighted by molar-refractivity contribution is -0.122. The molecule has 1 fully saturated rings. The standard InChI is InChI=1S/C26H19Br2FN2O5/c1-14-9-18(7-8-20(14)27)31-25(33)19(24(32)30-26(31)34)10-16-11-21(28)23(22(12-16)35-2)36-13-15-3-5-17(29)6-4-15/h3-12H,13H2,1-2H3,(H,30,32,34)/b19-10+. The SMILES string of the molecule is COc1cc(/C=C2\C(=O)NC(=O)N(c3ccc(Br)c(C)c3)C2=O)cc(Br)c1OCc1ccc(F)cc1. The molecule has 0 bridgehead atoms. The van der Waals surface area contributed by atoms with Gasteiger partial charge in [0, 0.05) is 4.47 Å². The Hall–Kier alpha value is -3.50. The van der Waals surface area contributed by atoms with Crippen molar-refractivity contribution in [1.29, 1.82) is 0 Å². The Morgan fingerprint density at radius 2 is 1.72 bits per heavy atom. The summed E-state index contributed by atoms with van der Waals surface area (Å²) in [6.07, 6.45) is 1.37. The van der Waals surface area contributed by atoms with Gasteiger partial charge in [-0.3, -0.25) is 14.9 Å². The monoisotopic (exact) mass is 616 g/mol. The van der Waals surface area contributed by atoms with Crippen molar-refractivity contribution >= 4 is 61.5 Å². The molecule has 1 aliphatic heterocycles. The third kappa shape index (κ3) is 5.34. The number of halogens is 3. The van der Waals surface area contributed by atoms with Crippen LogP contribution in [0.1, 0.15) is 16.7 Å². The number of nitrogens with one attached hydrogen (secondary N) is 1. The summed E-state index contributed by atoms with van der Waals surface area (Å²) in [6.45, 7) is 1.99. The molecule has 3 aromatic rings. The minimum atomic E-state index is -0.827. The van der Waals surface area contributed by atoms with E-state index in [4.69, 9.17) is 9.47 Å². The summed E-state index contributed by atoms with van der Waals surface area (Å²) in [5.74, 6) is -1.16. The van der Waals surface area contributed by atoms with E-state index in [2.05, 4.69) is 37.2 Å². The van der Waals surface area contributed by atoms with Crippen molar-refractivity contribution in [2.75, 3.05) is 12.0 Å². The summed E-state index contributed by atoms with van der Waals surface area (Å²) in [5.41, 5.74) is 2.16. The van der Waals surface area contributed by atoms with Crippen LogP contribution in [0.3, 0.4) is 0 Å². The molecule has 0 saturated carbocycles. The van der Waals surface area contributed by atoms with Crippen LogP contribution in [0, 0.1) is 12.7 Å². The number of amides is 4. The lowest BCUT2D eigenvalue weighted by atomic mass is 10.1. The maximum Gasteiger partial charge on any atom is 0.335 e. The molecule has 3 aromatic carbocycles. The lowest BCUT2D eigenvalue weighted by Gasteiger charge is -2.26. The normalized spacial score (nSPS) is 14.8. The van der Waals surface area contributed by atoms with Crippen molar-refractivity contribution in [2.45, 2.75) is 13.5 Å². The largest absolute Gasteiger partial charge is 0.493 e. The van der Waals surface area contributed by atoms with Gasteiger partial charge in [0.05, 0.1) is 17.3 Å². The van der Waals surface area contributed by atoms with Crippen LogP contribution >= 0.6 is 31.9 Å². The number of carbonyl (C=O) groups is 3. The quantitative estimate of drug-likeness (QED) is 0.274. The maximum atomic E-state index is 13.2. The van der Waals surface area contributed by atoms with Crippen LogP contribution in [-0.4, -0.2) is 25.0 Å². The molecule has 1 N–H and O–H groups in total. The van der Waals surface area contributed by atoms with Gasteiger partial charge in [0.15, 0.2) is 11.5 Å². The molecule has 7 nitrogen and oxygen atoms in total. The number of barbiturate groups is 1. The van der Waals surface area contributed by atoms with E-state index in [-0.39, 0.29) is 18.0 Å². The minimum absolute atomic E-state index is 0.167. The Kier molecular flexibility index (Phi) is 7.56. The lowest BCUT2D eigenvalue weighted by Crippen LogP contribution is -2.54. The van der Waals surface area contributed by atoms with E-state index in [1.54, 1.807) is 42.5 Å². The van der Waals surface area contributed by atoms with Crippen LogP contribution in [0.4, 0.5) is 14.9 Å². The molecule has 36 heavy (non-hydrogen) atoms. The van der Waals surface area contributed by atoms with Crippen LogP contribution in [0.25, 0.3) is 6.08 Å². The number of anilines is 1. The van der Waals surface area contributed by atoms with E-state index < -0.39 is 17.8 Å². The zero-order chi connectivity index (χ0) is 26.0. The fourth-order valence-electron chi connectivity index (χ4n) is 3.53. The average molecular weight is 618 g/mol. The summed E-state index contributed by atoms with van der Waals surface area (Å²) in [6, 6.07) is 13.3. The number of urea groups is 1. The Balaban J connectivity index is 1.64. The van der Waals surface area contributed by atoms with Crippen LogP contribution in [0.15, 0.2) is 69.1 Å². The zero-order valence-electron chi connectivity index (χ0n) is 19.1. The van der Waals surface area contributed by atoms with Gasteiger partial charge in [0.25, 0.3) is 11.8 Å². The fourth-order valence-corrected chi connectivity index (χ4v) is 4.35. The predicted molar refractivity (Wildman–Crippen MR) is 139 cm³/mol. The summed E-state index contributed by atoms with van der Waals surface area (Å²) in [7, 11) is 1.46. The predicted octanol–water partition coefficient (Wildman–Crippen LogP) is 5.91. The topological polar surface area (TPSA) is 84.9 Å². The van der Waals surface area contributed by atoms with Crippen LogP contribution < -0.4 is 19.7 Å². The Morgan fingerprint density at radius 3 is 2.39 bits per heavy atom. The van der Waals surface area contributed by atoms with Crippen molar-refractivity contribution in [2.24, 2.45) is 0 Å². The van der Waals surface area contributed by atoms with Gasteiger partial charge in [-0.25, -0.2) is 14.1 Å². The Labute approximate surface area is 223 Å². The second-order valence-corrected chi connectivity index (χ2v) is 9.55. The Bertz CT molecular complexity index is 1410. The number of ether oxygens (including phenoxy) is 2. The third-order valence-corrected chi connectivity index (χ3v) is 6.84. The smallest absolute Gasteiger partial charge is 0.335 e. The highest BCUT2D eigenvalue weighted by Crippen LogP contribution is 2.38. The van der Waals surface area contributed by atoms with E-state index in [1.165, 1.54) is 25.3 Å². The van der Waals surface area contributed by atoms with Crippen LogP contribution in [0.5, 0.6) is 11.5 Å². The van der Waals surface area contributed by atoms with Gasteiger partial charge in [-0.1, -0.05) is 28.1 Å². The second-order valence-electron chi connectivity index (χ2n) is 7.84. The molecule has 0 radical (unpaired) electrons. The van der Waals surface area contributed by atoms with Crippen molar-refractivity contribution in [3.63, 3.8) is 0 Å². The first-order valence-electron chi connectivity index (χ1n) is 10.6. The van der Waals surface area contributed by atoms with Crippen molar-refractivity contribution < 1.29 is 28.2 Å². The van der Waals surface area contributed by atoms with Gasteiger partial charge in [-0.2, -0.15) is 0 Å². The minimum Gasteiger partial charge on any atom is -0.493 e. The van der Waals surface area contributed by atoms with E-state index >= 15 is 0 Å². The number of rotatable bonds is 6. The molecule has 10 heteroatoms. The first kappa shape index (κ1) is 25.6. The fraction of sp³-hybridized carbons (Fsp3) is 0.115. The summed E-state index contributed by atoms with van der Waals surface area (Å²) in [4.78, 5) is 39.2. The highest BCUT2D eigenvalue weighted by atomic mass is 79.9. The number of benzene rings is 3. The van der Waals surface area contributed by atoms with Gasteiger partial charge in [0.1, 0.15) is 18.0 Å². The number of aryl methyl sites for hydroxylation is 1. The molecule has 1 heterocycles. The van der Waals surface area contributed by atoms with Crippen molar-refractivity contribution in [3.05, 3.63) is 91.6 Å². The molecular weight excluding hydrogens is 599 g/mol. The van der Waals surface area contributed by atoms with E-state index in [1.807, 2.05) is 6.92 Å². The number of nitrogens with zero attached hydrogens (tertiary/aromatic N) is 1. The number of hydrogen-bond acceptors (Lipinski definition) is 5.